The lowest BCUT2D eigenvalue weighted by Crippen LogP contribution is -2.05. The van der Waals surface area contributed by atoms with E-state index in [1.54, 1.807) is 18.6 Å². The Morgan fingerprint density at radius 3 is 2.00 bits per heavy atom. The second-order valence-electron chi connectivity index (χ2n) is 6.66. The number of pyridine rings is 2. The van der Waals surface area contributed by atoms with Gasteiger partial charge in [-0.3, -0.25) is 9.97 Å². The summed E-state index contributed by atoms with van der Waals surface area (Å²) in [6.45, 7) is 2.05. The predicted octanol–water partition coefficient (Wildman–Crippen LogP) is 5.17. The molecular formula is C22H20F4N2. The standard InChI is InChI=1S/C22H20F4N2/c1-2-17-10-14(7-8-28-17)3-4-15-9-16(13-27-12-15)5-6-18-21(25)19(23)11-20(24)22(18)26/h7-13H,2-6H2,1H3. The van der Waals surface area contributed by atoms with Gasteiger partial charge in [-0.2, -0.15) is 0 Å². The highest BCUT2D eigenvalue weighted by Gasteiger charge is 2.18. The Hall–Kier alpha value is -2.76. The van der Waals surface area contributed by atoms with E-state index >= 15 is 0 Å². The number of halogens is 4. The summed E-state index contributed by atoms with van der Waals surface area (Å²) in [4.78, 5) is 8.45. The van der Waals surface area contributed by atoms with E-state index in [-0.39, 0.29) is 18.9 Å². The topological polar surface area (TPSA) is 25.8 Å². The predicted molar refractivity (Wildman–Crippen MR) is 98.9 cm³/mol. The van der Waals surface area contributed by atoms with Crippen molar-refractivity contribution in [3.8, 4) is 0 Å². The molecule has 0 aliphatic carbocycles. The van der Waals surface area contributed by atoms with Crippen molar-refractivity contribution in [2.24, 2.45) is 0 Å². The van der Waals surface area contributed by atoms with Crippen molar-refractivity contribution in [3.05, 3.63) is 94.1 Å². The van der Waals surface area contributed by atoms with Crippen molar-refractivity contribution in [1.82, 2.24) is 9.97 Å². The van der Waals surface area contributed by atoms with Gasteiger partial charge < -0.3 is 0 Å². The third-order valence-electron chi connectivity index (χ3n) is 4.66. The first-order chi connectivity index (χ1) is 13.5. The molecule has 0 saturated heterocycles. The van der Waals surface area contributed by atoms with Gasteiger partial charge in [0.25, 0.3) is 0 Å². The Balaban J connectivity index is 1.67. The first-order valence-corrected chi connectivity index (χ1v) is 9.16. The minimum atomic E-state index is -1.38. The van der Waals surface area contributed by atoms with E-state index in [0.717, 1.165) is 36.1 Å². The van der Waals surface area contributed by atoms with Gasteiger partial charge in [0, 0.05) is 35.9 Å². The third kappa shape index (κ3) is 4.74. The fourth-order valence-electron chi connectivity index (χ4n) is 3.09. The van der Waals surface area contributed by atoms with E-state index < -0.39 is 28.8 Å². The molecule has 0 fully saturated rings. The molecule has 2 aromatic heterocycles. The van der Waals surface area contributed by atoms with Crippen molar-refractivity contribution in [3.63, 3.8) is 0 Å². The molecule has 0 atom stereocenters. The van der Waals surface area contributed by atoms with E-state index in [9.17, 15) is 17.6 Å². The lowest BCUT2D eigenvalue weighted by Gasteiger charge is -2.08. The second kappa shape index (κ2) is 8.95. The summed E-state index contributed by atoms with van der Waals surface area (Å²) >= 11 is 0. The minimum absolute atomic E-state index is 0.151. The molecule has 0 bridgehead atoms. The Kier molecular flexibility index (Phi) is 6.39. The molecule has 0 N–H and O–H groups in total. The molecule has 1 aromatic carbocycles. The summed E-state index contributed by atoms with van der Waals surface area (Å²) < 4.78 is 54.2. The first-order valence-electron chi connectivity index (χ1n) is 9.16. The van der Waals surface area contributed by atoms with E-state index in [1.165, 1.54) is 5.56 Å². The quantitative estimate of drug-likeness (QED) is 0.412. The molecular weight excluding hydrogens is 368 g/mol. The molecule has 0 amide bonds. The summed E-state index contributed by atoms with van der Waals surface area (Å²) in [6, 6.07) is 6.17. The average Bonchev–Trinajstić information content (AvgIpc) is 2.71. The van der Waals surface area contributed by atoms with E-state index in [1.807, 2.05) is 12.1 Å². The van der Waals surface area contributed by atoms with Crippen molar-refractivity contribution < 1.29 is 17.6 Å². The summed E-state index contributed by atoms with van der Waals surface area (Å²) in [5.41, 5.74) is 3.38. The van der Waals surface area contributed by atoms with E-state index in [2.05, 4.69) is 23.0 Å². The van der Waals surface area contributed by atoms with Crippen LogP contribution in [-0.4, -0.2) is 9.97 Å². The van der Waals surface area contributed by atoms with E-state index in [4.69, 9.17) is 0 Å². The van der Waals surface area contributed by atoms with Gasteiger partial charge >= 0.3 is 0 Å². The van der Waals surface area contributed by atoms with Crippen LogP contribution in [0.3, 0.4) is 0 Å². The molecule has 146 valence electrons. The van der Waals surface area contributed by atoms with Crippen LogP contribution < -0.4 is 0 Å². The van der Waals surface area contributed by atoms with Gasteiger partial charge in [-0.15, -0.1) is 0 Å². The van der Waals surface area contributed by atoms with Crippen LogP contribution in [-0.2, 0) is 32.1 Å². The van der Waals surface area contributed by atoms with Gasteiger partial charge in [-0.05, 0) is 60.9 Å². The van der Waals surface area contributed by atoms with Crippen LogP contribution in [0.5, 0.6) is 0 Å². The fraction of sp³-hybridized carbons (Fsp3) is 0.273. The molecule has 3 aromatic rings. The van der Waals surface area contributed by atoms with Crippen LogP contribution >= 0.6 is 0 Å². The van der Waals surface area contributed by atoms with Crippen LogP contribution in [0.4, 0.5) is 17.6 Å². The third-order valence-corrected chi connectivity index (χ3v) is 4.66. The number of nitrogens with zero attached hydrogens (tertiary/aromatic N) is 2. The average molecular weight is 388 g/mol. The second-order valence-corrected chi connectivity index (χ2v) is 6.66. The molecule has 6 heteroatoms. The molecule has 28 heavy (non-hydrogen) atoms. The maximum atomic E-state index is 13.8. The lowest BCUT2D eigenvalue weighted by atomic mass is 10.0. The van der Waals surface area contributed by atoms with Gasteiger partial charge in [-0.25, -0.2) is 17.6 Å². The highest BCUT2D eigenvalue weighted by molar-refractivity contribution is 5.26. The molecule has 0 aliphatic heterocycles. The van der Waals surface area contributed by atoms with Gasteiger partial charge in [0.05, 0.1) is 0 Å². The van der Waals surface area contributed by atoms with Crippen molar-refractivity contribution in [2.45, 2.75) is 39.0 Å². The Morgan fingerprint density at radius 1 is 0.750 bits per heavy atom. The fourth-order valence-corrected chi connectivity index (χ4v) is 3.09. The maximum Gasteiger partial charge on any atom is 0.165 e. The Labute approximate surface area is 161 Å². The Morgan fingerprint density at radius 2 is 1.36 bits per heavy atom. The molecule has 0 radical (unpaired) electrons. The molecule has 0 saturated carbocycles. The smallest absolute Gasteiger partial charge is 0.165 e. The van der Waals surface area contributed by atoms with E-state index in [0.29, 0.717) is 0 Å². The number of aromatic nitrogens is 2. The number of benzene rings is 1. The van der Waals surface area contributed by atoms with Crippen molar-refractivity contribution in [1.29, 1.82) is 0 Å². The van der Waals surface area contributed by atoms with Gasteiger partial charge in [0.1, 0.15) is 0 Å². The molecule has 2 heterocycles. The normalized spacial score (nSPS) is 11.0. The SMILES string of the molecule is CCc1cc(CCc2cncc(CCc3c(F)c(F)cc(F)c3F)c2)ccn1. The molecule has 2 nitrogen and oxygen atoms in total. The number of hydrogen-bond donors (Lipinski definition) is 0. The molecule has 0 spiro atoms. The van der Waals surface area contributed by atoms with Crippen LogP contribution in [0, 0.1) is 23.3 Å². The zero-order valence-corrected chi connectivity index (χ0v) is 15.5. The summed E-state index contributed by atoms with van der Waals surface area (Å²) in [5, 5.41) is 0. The summed E-state index contributed by atoms with van der Waals surface area (Å²) in [6.07, 6.45) is 7.66. The maximum absolute atomic E-state index is 13.8. The van der Waals surface area contributed by atoms with Crippen molar-refractivity contribution in [2.75, 3.05) is 0 Å². The van der Waals surface area contributed by atoms with Gasteiger partial charge in [0.15, 0.2) is 23.3 Å². The monoisotopic (exact) mass is 388 g/mol. The van der Waals surface area contributed by atoms with Crippen molar-refractivity contribution >= 4 is 0 Å². The van der Waals surface area contributed by atoms with Crippen LogP contribution in [0.25, 0.3) is 0 Å². The van der Waals surface area contributed by atoms with Gasteiger partial charge in [-0.1, -0.05) is 13.0 Å². The first kappa shape index (κ1) is 20.0. The molecule has 0 unspecified atom stereocenters. The Bertz CT molecular complexity index is 946. The zero-order valence-electron chi connectivity index (χ0n) is 15.5. The largest absolute Gasteiger partial charge is 0.264 e. The van der Waals surface area contributed by atoms with Crippen LogP contribution in [0.15, 0.2) is 42.9 Å². The minimum Gasteiger partial charge on any atom is -0.264 e. The van der Waals surface area contributed by atoms with Gasteiger partial charge in [0.2, 0.25) is 0 Å². The molecule has 0 aliphatic rings. The molecule has 3 rings (SSSR count). The summed E-state index contributed by atoms with van der Waals surface area (Å²) in [5.74, 6) is -5.45. The lowest BCUT2D eigenvalue weighted by molar-refractivity contribution is 0.438. The zero-order chi connectivity index (χ0) is 20.1. The highest BCUT2D eigenvalue weighted by atomic mass is 19.2. The number of hydrogen-bond acceptors (Lipinski definition) is 2. The summed E-state index contributed by atoms with van der Waals surface area (Å²) in [7, 11) is 0. The van der Waals surface area contributed by atoms with Crippen LogP contribution in [0.1, 0.15) is 34.9 Å². The van der Waals surface area contributed by atoms with Crippen LogP contribution in [0.2, 0.25) is 0 Å². The number of aryl methyl sites for hydroxylation is 4. The number of rotatable bonds is 7. The highest BCUT2D eigenvalue weighted by Crippen LogP contribution is 2.21.